The van der Waals surface area contributed by atoms with Crippen molar-refractivity contribution in [3.05, 3.63) is 125 Å². The molecule has 0 aromatic heterocycles. The quantitative estimate of drug-likeness (QED) is 0.0146. The van der Waals surface area contributed by atoms with Crippen LogP contribution < -0.4 is 27.4 Å². The van der Waals surface area contributed by atoms with Crippen molar-refractivity contribution in [2.24, 2.45) is 5.73 Å². The minimum Gasteiger partial charge on any atom is -0.480 e. The maximum absolute atomic E-state index is 12.5. The van der Waals surface area contributed by atoms with Crippen molar-refractivity contribution in [1.82, 2.24) is 49.4 Å². The number of rotatable bonds is 59. The lowest BCUT2D eigenvalue weighted by Gasteiger charge is -2.35. The van der Waals surface area contributed by atoms with E-state index in [1.54, 1.807) is 24.3 Å². The SMILES string of the molecule is CCN(CC)CCN(CC)CC(Cc1ccc(N)cc1)N(CC)CC.CCN(CC)CCN(CC)CC(Cc1ccc(NC(=O)CCCCCNC(=O)OCc2ccccc2)cc1)N(CC)CC.NCCCCCC(=O)Nc1ccc(CC(CN(CCN(CC(=O)O)CC(=O)O)CC(=O)O)N(CC(=O)O)CC(=O)O)cc1. The third-order valence-electron chi connectivity index (χ3n) is 19.8. The number of nitrogens with two attached hydrogens (primary N) is 2. The number of carboxylic acid groups (broad SMARTS) is 5. The minimum absolute atomic E-state index is 0.0239. The zero-order valence-corrected chi connectivity index (χ0v) is 68.5. The summed E-state index contributed by atoms with van der Waals surface area (Å²) in [5.74, 6) is -6.53. The van der Waals surface area contributed by atoms with E-state index in [9.17, 15) is 53.7 Å². The van der Waals surface area contributed by atoms with Gasteiger partial charge < -0.3 is 77.3 Å². The zero-order chi connectivity index (χ0) is 82.3. The normalized spacial score (nSPS) is 12.3. The van der Waals surface area contributed by atoms with Crippen molar-refractivity contribution in [3.63, 3.8) is 0 Å². The lowest BCUT2D eigenvalue weighted by atomic mass is 10.0. The molecule has 0 spiro atoms. The average molecular weight is 1560 g/mol. The van der Waals surface area contributed by atoms with Crippen LogP contribution in [0.1, 0.15) is 143 Å². The molecule has 4 aromatic carbocycles. The van der Waals surface area contributed by atoms with E-state index in [0.717, 1.165) is 171 Å². The Morgan fingerprint density at radius 1 is 0.369 bits per heavy atom. The summed E-state index contributed by atoms with van der Waals surface area (Å²) < 4.78 is 5.22. The van der Waals surface area contributed by atoms with Crippen LogP contribution in [0.2, 0.25) is 0 Å². The molecule has 0 aliphatic rings. The first-order valence-corrected chi connectivity index (χ1v) is 40.2. The molecule has 28 heteroatoms. The van der Waals surface area contributed by atoms with Gasteiger partial charge in [0.15, 0.2) is 0 Å². The molecule has 28 nitrogen and oxygen atoms in total. The summed E-state index contributed by atoms with van der Waals surface area (Å²) in [6.07, 6.45) is 7.38. The van der Waals surface area contributed by atoms with Gasteiger partial charge in [-0.25, -0.2) is 4.79 Å². The summed E-state index contributed by atoms with van der Waals surface area (Å²) in [6.45, 7) is 38.2. The minimum atomic E-state index is -1.30. The van der Waals surface area contributed by atoms with E-state index in [1.165, 1.54) is 20.9 Å². The van der Waals surface area contributed by atoms with Crippen LogP contribution in [0.25, 0.3) is 0 Å². The van der Waals surface area contributed by atoms with Crippen molar-refractivity contribution >= 4 is 64.8 Å². The highest BCUT2D eigenvalue weighted by Gasteiger charge is 2.29. The predicted molar refractivity (Wildman–Crippen MR) is 442 cm³/mol. The van der Waals surface area contributed by atoms with Gasteiger partial charge in [-0.2, -0.15) is 0 Å². The largest absolute Gasteiger partial charge is 0.480 e. The molecule has 3 unspecified atom stereocenters. The first-order chi connectivity index (χ1) is 53.3. The van der Waals surface area contributed by atoms with Crippen LogP contribution in [0, 0.1) is 0 Å². The van der Waals surface area contributed by atoms with Gasteiger partial charge in [-0.05, 0) is 176 Å². The number of hydrogen-bond acceptors (Lipinski definition) is 20. The number of likely N-dealkylation sites (N-methyl/N-ethyl adjacent to an activating group) is 6. The van der Waals surface area contributed by atoms with Crippen molar-refractivity contribution in [1.29, 1.82) is 0 Å². The Kier molecular flexibility index (Phi) is 53.1. The van der Waals surface area contributed by atoms with Crippen LogP contribution in [-0.4, -0.2) is 306 Å². The predicted octanol–water partition coefficient (Wildman–Crippen LogP) is 8.60. The number of carbonyl (C=O) groups excluding carboxylic acids is 3. The van der Waals surface area contributed by atoms with E-state index in [2.05, 4.69) is 139 Å². The molecule has 0 bridgehead atoms. The number of nitrogens with one attached hydrogen (secondary N) is 3. The third-order valence-corrected chi connectivity index (χ3v) is 19.8. The lowest BCUT2D eigenvalue weighted by Crippen LogP contribution is -2.51. The number of amides is 3. The fourth-order valence-corrected chi connectivity index (χ4v) is 13.2. The second-order valence-corrected chi connectivity index (χ2v) is 27.8. The molecule has 111 heavy (non-hydrogen) atoms. The molecule has 0 saturated carbocycles. The summed E-state index contributed by atoms with van der Waals surface area (Å²) in [5, 5.41) is 55.1. The first kappa shape index (κ1) is 98.9. The van der Waals surface area contributed by atoms with E-state index >= 15 is 0 Å². The number of nitrogen functional groups attached to an aromatic ring is 1. The molecule has 624 valence electrons. The number of carboxylic acids is 5. The number of nitrogens with zero attached hydrogens (tertiary/aromatic N) is 9. The molecule has 4 rings (SSSR count). The number of alkyl carbamates (subject to hydrolysis) is 1. The molecular formula is C83H138N14O14. The average Bonchev–Trinajstić information content (AvgIpc) is 0.864. The molecule has 0 aliphatic carbocycles. The molecule has 3 amide bonds. The molecule has 3 atom stereocenters. The summed E-state index contributed by atoms with van der Waals surface area (Å²) in [7, 11) is 0. The fourth-order valence-electron chi connectivity index (χ4n) is 13.2. The van der Waals surface area contributed by atoms with Crippen LogP contribution in [0.5, 0.6) is 0 Å². The zero-order valence-electron chi connectivity index (χ0n) is 68.5. The number of hydrogen-bond donors (Lipinski definition) is 10. The Morgan fingerprint density at radius 2 is 0.712 bits per heavy atom. The summed E-state index contributed by atoms with van der Waals surface area (Å²) in [4.78, 5) is 113. The Hall–Kier alpha value is -8.16. The summed E-state index contributed by atoms with van der Waals surface area (Å²) in [5.41, 5.74) is 17.8. The van der Waals surface area contributed by atoms with E-state index in [1.807, 2.05) is 54.6 Å². The van der Waals surface area contributed by atoms with Gasteiger partial charge in [0.25, 0.3) is 0 Å². The molecule has 0 heterocycles. The number of unbranched alkanes of at least 4 members (excludes halogenated alkanes) is 4. The number of carbonyl (C=O) groups is 8. The molecule has 0 saturated heterocycles. The first-order valence-electron chi connectivity index (χ1n) is 40.2. The monoisotopic (exact) mass is 1560 g/mol. The molecule has 12 N–H and O–H groups in total. The number of anilines is 3. The van der Waals surface area contributed by atoms with Gasteiger partial charge in [0.2, 0.25) is 11.8 Å². The third kappa shape index (κ3) is 45.8. The molecular weight excluding hydrogens is 1420 g/mol. The second kappa shape index (κ2) is 59.6. The molecule has 0 radical (unpaired) electrons. The van der Waals surface area contributed by atoms with Crippen molar-refractivity contribution in [3.8, 4) is 0 Å². The van der Waals surface area contributed by atoms with Crippen molar-refractivity contribution < 1.29 is 68.6 Å². The van der Waals surface area contributed by atoms with E-state index in [-0.39, 0.29) is 44.5 Å². The topological polar surface area (TPSA) is 364 Å². The maximum atomic E-state index is 12.5. The summed E-state index contributed by atoms with van der Waals surface area (Å²) >= 11 is 0. The fraction of sp³-hybridized carbons (Fsp3) is 0.614. The van der Waals surface area contributed by atoms with Gasteiger partial charge >= 0.3 is 35.9 Å². The standard InChI is InChI=1S/C35H57N5O3.C27H41N5O11.C21H40N4/c1-6-38(7-2)25-26-39(8-3)28-33(40(9-4)10-5)27-30-20-22-32(23-21-30)37-34(41)19-15-12-16-24-36-35(42)43-29-31-17-13-11-14-18-31;28-9-3-1-2-4-22(33)29-20-7-5-19(6-8-20)12-21(32(17-26(40)41)18-27(42)43)13-30(14-23(34)35)10-11-31(15-24(36)37)16-25(38)39;1-6-23(7-2)15-16-24(8-3)18-21(25(9-4)10-5)17-19-11-13-20(22)14-12-19/h11,13-14,17-18,20-23,33H,6-10,12,15-16,19,24-29H2,1-5H3,(H,36,42)(H,37,41);5-8,21H,1-4,9-18,28H2,(H,29,33)(H,34,35)(H,36,37)(H,38,39)(H,40,41)(H,42,43);11-14,21H,6-10,15-18,22H2,1-5H3. The second-order valence-electron chi connectivity index (χ2n) is 27.8. The smallest absolute Gasteiger partial charge is 0.407 e. The van der Waals surface area contributed by atoms with E-state index in [0.29, 0.717) is 55.7 Å². The molecule has 0 aliphatic heterocycles. The highest BCUT2D eigenvalue weighted by molar-refractivity contribution is 5.91. The van der Waals surface area contributed by atoms with Gasteiger partial charge in [-0.15, -0.1) is 0 Å². The Balaban J connectivity index is 0.000000586. The van der Waals surface area contributed by atoms with Crippen LogP contribution in [-0.2, 0) is 64.2 Å². The van der Waals surface area contributed by atoms with Crippen LogP contribution in [0.15, 0.2) is 103 Å². The highest BCUT2D eigenvalue weighted by Crippen LogP contribution is 2.20. The van der Waals surface area contributed by atoms with E-state index in [4.69, 9.17) is 26.4 Å². The van der Waals surface area contributed by atoms with E-state index < -0.39 is 74.7 Å². The molecule has 4 aromatic rings. The van der Waals surface area contributed by atoms with Gasteiger partial charge in [-0.3, -0.25) is 58.1 Å². The Labute approximate surface area is 662 Å². The Morgan fingerprint density at radius 3 is 1.09 bits per heavy atom. The Bertz CT molecular complexity index is 3150. The van der Waals surface area contributed by atoms with Gasteiger partial charge in [0, 0.05) is 113 Å². The highest BCUT2D eigenvalue weighted by atomic mass is 16.5. The van der Waals surface area contributed by atoms with Crippen molar-refractivity contribution in [2.75, 3.05) is 187 Å². The van der Waals surface area contributed by atoms with Gasteiger partial charge in [0.05, 0.1) is 32.7 Å². The van der Waals surface area contributed by atoms with Gasteiger partial charge in [-0.1, -0.05) is 149 Å². The number of benzene rings is 4. The number of ether oxygens (including phenoxy) is 1. The van der Waals surface area contributed by atoms with Crippen molar-refractivity contribution in [2.45, 2.75) is 165 Å². The van der Waals surface area contributed by atoms with Crippen LogP contribution >= 0.6 is 0 Å². The summed E-state index contributed by atoms with van der Waals surface area (Å²) in [6, 6.07) is 33.2. The molecule has 0 fully saturated rings. The van der Waals surface area contributed by atoms with Crippen LogP contribution in [0.3, 0.4) is 0 Å². The maximum Gasteiger partial charge on any atom is 0.407 e. The number of aliphatic carboxylic acids is 5. The van der Waals surface area contributed by atoms with Crippen LogP contribution in [0.4, 0.5) is 21.9 Å². The lowest BCUT2D eigenvalue weighted by molar-refractivity contribution is -0.144. The van der Waals surface area contributed by atoms with Gasteiger partial charge in [0.1, 0.15) is 6.61 Å².